The van der Waals surface area contributed by atoms with E-state index in [1.54, 1.807) is 102 Å². The summed E-state index contributed by atoms with van der Waals surface area (Å²) in [6.07, 6.45) is -0.382. The van der Waals surface area contributed by atoms with Crippen LogP contribution in [0, 0.1) is 5.82 Å². The maximum absolute atomic E-state index is 14.4. The smallest absolute Gasteiger partial charge is 0.224 e. The number of nitrogens with zero attached hydrogens (tertiary/aromatic N) is 3. The van der Waals surface area contributed by atoms with Gasteiger partial charge in [0.25, 0.3) is 0 Å². The zero-order chi connectivity index (χ0) is 29.8. The molecule has 10 heteroatoms. The quantitative estimate of drug-likeness (QED) is 0.209. The first-order chi connectivity index (χ1) is 20.2. The molecule has 0 fully saturated rings. The highest BCUT2D eigenvalue weighted by atomic mass is 35.5. The van der Waals surface area contributed by atoms with E-state index in [1.807, 2.05) is 0 Å². The number of rotatable bonds is 9. The van der Waals surface area contributed by atoms with Crippen LogP contribution in [0.15, 0.2) is 96.1 Å². The fourth-order valence-corrected chi connectivity index (χ4v) is 4.88. The van der Waals surface area contributed by atoms with Gasteiger partial charge >= 0.3 is 0 Å². The summed E-state index contributed by atoms with van der Waals surface area (Å²) >= 11 is 12.7. The Bertz CT molecular complexity index is 1640. The number of amidine groups is 1. The van der Waals surface area contributed by atoms with Crippen LogP contribution >= 0.6 is 23.2 Å². The minimum absolute atomic E-state index is 0.0266. The number of benzene rings is 4. The molecule has 0 aromatic heterocycles. The van der Waals surface area contributed by atoms with Crippen molar-refractivity contribution >= 4 is 57.8 Å². The Hall–Kier alpha value is -4.40. The fourth-order valence-electron chi connectivity index (χ4n) is 4.58. The second-order valence-corrected chi connectivity index (χ2v) is 10.4. The molecule has 7 nitrogen and oxygen atoms in total. The Balaban J connectivity index is 1.62. The maximum Gasteiger partial charge on any atom is 0.224 e. The lowest BCUT2D eigenvalue weighted by atomic mass is 10.1. The number of amides is 1. The summed E-state index contributed by atoms with van der Waals surface area (Å²) < 4.78 is 20.6. The van der Waals surface area contributed by atoms with Gasteiger partial charge in [-0.3, -0.25) is 14.5 Å². The molecule has 0 saturated carbocycles. The number of nitrogens with one attached hydrogen (secondary N) is 1. The molecule has 1 aliphatic rings. The molecule has 5 rings (SSSR count). The van der Waals surface area contributed by atoms with Crippen LogP contribution in [0.5, 0.6) is 5.75 Å². The van der Waals surface area contributed by atoms with E-state index in [9.17, 15) is 14.0 Å². The molecular formula is C32H27Cl2FN4O3. The van der Waals surface area contributed by atoms with Crippen molar-refractivity contribution in [1.82, 2.24) is 0 Å². The zero-order valence-electron chi connectivity index (χ0n) is 22.9. The highest BCUT2D eigenvalue weighted by molar-refractivity contribution is 6.44. The molecule has 1 atom stereocenters. The van der Waals surface area contributed by atoms with Crippen molar-refractivity contribution in [2.45, 2.75) is 33.0 Å². The Morgan fingerprint density at radius 1 is 0.929 bits per heavy atom. The molecule has 42 heavy (non-hydrogen) atoms. The molecule has 214 valence electrons. The number of hydrogen-bond acceptors (Lipinski definition) is 6. The van der Waals surface area contributed by atoms with E-state index in [0.717, 1.165) is 0 Å². The highest BCUT2D eigenvalue weighted by Crippen LogP contribution is 2.43. The maximum atomic E-state index is 14.4. The summed E-state index contributed by atoms with van der Waals surface area (Å²) in [6.45, 7) is 3.19. The molecule has 0 bridgehead atoms. The van der Waals surface area contributed by atoms with E-state index in [2.05, 4.69) is 5.32 Å². The molecule has 0 unspecified atom stereocenters. The van der Waals surface area contributed by atoms with Gasteiger partial charge in [0.05, 0.1) is 5.69 Å². The van der Waals surface area contributed by atoms with Crippen molar-refractivity contribution < 1.29 is 18.7 Å². The first-order valence-corrected chi connectivity index (χ1v) is 14.0. The van der Waals surface area contributed by atoms with Gasteiger partial charge in [-0.25, -0.2) is 9.40 Å². The number of anilines is 3. The van der Waals surface area contributed by atoms with Crippen molar-refractivity contribution in [2.75, 3.05) is 15.2 Å². The summed E-state index contributed by atoms with van der Waals surface area (Å²) in [6, 6.07) is 25.7. The van der Waals surface area contributed by atoms with E-state index in [4.69, 9.17) is 33.0 Å². The normalized spacial score (nSPS) is 14.5. The Labute approximate surface area is 253 Å². The number of halogens is 3. The van der Waals surface area contributed by atoms with Crippen LogP contribution in [0.1, 0.15) is 37.6 Å². The van der Waals surface area contributed by atoms with Crippen molar-refractivity contribution in [3.05, 3.63) is 118 Å². The minimum atomic E-state index is -0.726. The monoisotopic (exact) mass is 604 g/mol. The molecule has 1 amide bonds. The SMILES string of the molecule is CCC(=O)Nc1ccc(N2C(C(C)=O)=NN(c3ccc(Cl)cc3)[C@H]2c2cc(Cl)ccc2OCc2ccccc2F)cc1. The minimum Gasteiger partial charge on any atom is -0.488 e. The molecule has 0 aliphatic carbocycles. The van der Waals surface area contributed by atoms with Crippen LogP contribution in [0.2, 0.25) is 10.0 Å². The second-order valence-electron chi connectivity index (χ2n) is 9.56. The third-order valence-electron chi connectivity index (χ3n) is 6.65. The molecular weight excluding hydrogens is 578 g/mol. The standard InChI is InChI=1S/C32H27Cl2FN4O3/c1-3-30(41)36-24-11-15-25(16-12-24)38-31(20(2)40)37-39(26-13-8-22(33)9-14-26)32(38)27-18-23(34)10-17-29(27)42-19-21-6-4-5-7-28(21)35/h4-18,32H,3,19H2,1-2H3,(H,36,41)/t32-/m0/s1. The van der Waals surface area contributed by atoms with Gasteiger partial charge in [-0.2, -0.15) is 0 Å². The number of ketones is 1. The van der Waals surface area contributed by atoms with Gasteiger partial charge < -0.3 is 10.1 Å². The van der Waals surface area contributed by atoms with Gasteiger partial charge in [-0.15, -0.1) is 5.10 Å². The largest absolute Gasteiger partial charge is 0.488 e. The van der Waals surface area contributed by atoms with Crippen LogP contribution < -0.4 is 20.0 Å². The number of hydrazone groups is 1. The van der Waals surface area contributed by atoms with Gasteiger partial charge in [-0.05, 0) is 72.8 Å². The van der Waals surface area contributed by atoms with Gasteiger partial charge in [0, 0.05) is 45.9 Å². The topological polar surface area (TPSA) is 74.2 Å². The summed E-state index contributed by atoms with van der Waals surface area (Å²) in [4.78, 5) is 26.7. The molecule has 4 aromatic carbocycles. The van der Waals surface area contributed by atoms with Crippen LogP contribution in [0.3, 0.4) is 0 Å². The van der Waals surface area contributed by atoms with E-state index < -0.39 is 6.17 Å². The number of Topliss-reactive ketones (excluding diaryl/α,β-unsaturated/α-hetero) is 1. The van der Waals surface area contributed by atoms with E-state index in [1.165, 1.54) is 13.0 Å². The first kappa shape index (κ1) is 29.1. The summed E-state index contributed by atoms with van der Waals surface area (Å²) in [5, 5.41) is 10.3. The second kappa shape index (κ2) is 12.6. The van der Waals surface area contributed by atoms with Crippen LogP contribution in [-0.4, -0.2) is 17.5 Å². The molecule has 0 saturated heterocycles. The number of ether oxygens (including phenoxy) is 1. The van der Waals surface area contributed by atoms with Crippen LogP contribution in [0.25, 0.3) is 0 Å². The molecule has 0 spiro atoms. The number of hydrogen-bond donors (Lipinski definition) is 1. The van der Waals surface area contributed by atoms with Crippen molar-refractivity contribution in [3.8, 4) is 5.75 Å². The van der Waals surface area contributed by atoms with E-state index >= 15 is 0 Å². The lowest BCUT2D eigenvalue weighted by Crippen LogP contribution is -2.38. The lowest BCUT2D eigenvalue weighted by Gasteiger charge is -2.33. The molecule has 1 heterocycles. The highest BCUT2D eigenvalue weighted by Gasteiger charge is 2.41. The Kier molecular flexibility index (Phi) is 8.75. The number of carbonyl (C=O) groups is 2. The van der Waals surface area contributed by atoms with Gasteiger partial charge in [0.15, 0.2) is 17.8 Å². The summed E-state index contributed by atoms with van der Waals surface area (Å²) in [7, 11) is 0. The van der Waals surface area contributed by atoms with Crippen molar-refractivity contribution in [2.24, 2.45) is 5.10 Å². The Morgan fingerprint density at radius 2 is 1.60 bits per heavy atom. The fraction of sp³-hybridized carbons (Fsp3) is 0.156. The van der Waals surface area contributed by atoms with Crippen molar-refractivity contribution in [1.29, 1.82) is 0 Å². The summed E-state index contributed by atoms with van der Waals surface area (Å²) in [5.74, 6) is -0.146. The van der Waals surface area contributed by atoms with Crippen LogP contribution in [0.4, 0.5) is 21.5 Å². The number of carbonyl (C=O) groups excluding carboxylic acids is 2. The van der Waals surface area contributed by atoms with Gasteiger partial charge in [0.1, 0.15) is 18.2 Å². The van der Waals surface area contributed by atoms with E-state index in [-0.39, 0.29) is 30.0 Å². The molecule has 1 aliphatic heterocycles. The molecule has 4 aromatic rings. The first-order valence-electron chi connectivity index (χ1n) is 13.2. The Morgan fingerprint density at radius 3 is 2.26 bits per heavy atom. The predicted octanol–water partition coefficient (Wildman–Crippen LogP) is 7.99. The lowest BCUT2D eigenvalue weighted by molar-refractivity contribution is -0.116. The zero-order valence-corrected chi connectivity index (χ0v) is 24.4. The van der Waals surface area contributed by atoms with Gasteiger partial charge in [-0.1, -0.05) is 48.3 Å². The van der Waals surface area contributed by atoms with Crippen LogP contribution in [-0.2, 0) is 16.2 Å². The predicted molar refractivity (Wildman–Crippen MR) is 165 cm³/mol. The average Bonchev–Trinajstić information content (AvgIpc) is 3.39. The summed E-state index contributed by atoms with van der Waals surface area (Å²) in [5.41, 5.74) is 2.91. The van der Waals surface area contributed by atoms with E-state index in [0.29, 0.717) is 50.4 Å². The third kappa shape index (κ3) is 6.25. The van der Waals surface area contributed by atoms with Crippen molar-refractivity contribution in [3.63, 3.8) is 0 Å². The molecule has 1 N–H and O–H groups in total. The van der Waals surface area contributed by atoms with Gasteiger partial charge in [0.2, 0.25) is 5.91 Å². The molecule has 0 radical (unpaired) electrons. The average molecular weight is 605 g/mol. The third-order valence-corrected chi connectivity index (χ3v) is 7.14.